The minimum absolute atomic E-state index is 0.374. The van der Waals surface area contributed by atoms with Crippen LogP contribution in [0.15, 0.2) is 30.3 Å². The number of nitrogens with one attached hydrogen (secondary N) is 1. The molecule has 0 spiro atoms. The van der Waals surface area contributed by atoms with Gasteiger partial charge in [0.15, 0.2) is 0 Å². The fourth-order valence-electron chi connectivity index (χ4n) is 3.51. The zero-order chi connectivity index (χ0) is 18.5. The Morgan fingerprint density at radius 2 is 2.12 bits per heavy atom. The van der Waals surface area contributed by atoms with E-state index in [0.29, 0.717) is 28.9 Å². The quantitative estimate of drug-likeness (QED) is 0.816. The van der Waals surface area contributed by atoms with Crippen molar-refractivity contribution in [3.63, 3.8) is 0 Å². The predicted octanol–water partition coefficient (Wildman–Crippen LogP) is 4.08. The summed E-state index contributed by atoms with van der Waals surface area (Å²) >= 11 is 0. The van der Waals surface area contributed by atoms with Gasteiger partial charge in [0.1, 0.15) is 17.5 Å². The van der Waals surface area contributed by atoms with Gasteiger partial charge in [-0.25, -0.2) is 14.8 Å². The third kappa shape index (κ3) is 3.95. The monoisotopic (exact) mass is 354 g/mol. The predicted molar refractivity (Wildman–Crippen MR) is 103 cm³/mol. The highest BCUT2D eigenvalue weighted by atomic mass is 16.5. The van der Waals surface area contributed by atoms with Gasteiger partial charge in [0.2, 0.25) is 0 Å². The van der Waals surface area contributed by atoms with Gasteiger partial charge < -0.3 is 15.0 Å². The summed E-state index contributed by atoms with van der Waals surface area (Å²) in [5.74, 6) is 1.97. The molecule has 26 heavy (non-hydrogen) atoms. The number of aromatic nitrogens is 2. The highest BCUT2D eigenvalue weighted by Gasteiger charge is 2.23. The average Bonchev–Trinajstić information content (AvgIpc) is 2.67. The van der Waals surface area contributed by atoms with E-state index in [1.165, 1.54) is 26.4 Å². The minimum Gasteiger partial charge on any atom is -0.465 e. The first-order valence-corrected chi connectivity index (χ1v) is 9.19. The number of piperidine rings is 1. The van der Waals surface area contributed by atoms with Crippen LogP contribution in [0.3, 0.4) is 0 Å². The van der Waals surface area contributed by atoms with Gasteiger partial charge in [-0.15, -0.1) is 0 Å². The second-order valence-corrected chi connectivity index (χ2v) is 6.57. The fourth-order valence-corrected chi connectivity index (χ4v) is 3.51. The van der Waals surface area contributed by atoms with Crippen LogP contribution in [-0.4, -0.2) is 35.6 Å². The Labute approximate surface area is 154 Å². The highest BCUT2D eigenvalue weighted by Crippen LogP contribution is 2.28. The maximum absolute atomic E-state index is 12.0. The van der Waals surface area contributed by atoms with Crippen LogP contribution in [0.2, 0.25) is 0 Å². The van der Waals surface area contributed by atoms with Gasteiger partial charge in [0, 0.05) is 18.7 Å². The number of aryl methyl sites for hydroxylation is 1. The molecule has 0 radical (unpaired) electrons. The lowest BCUT2D eigenvalue weighted by Crippen LogP contribution is -2.39. The summed E-state index contributed by atoms with van der Waals surface area (Å²) < 4.78 is 4.87. The van der Waals surface area contributed by atoms with Gasteiger partial charge in [-0.05, 0) is 44.7 Å². The first-order chi connectivity index (χ1) is 12.6. The summed E-state index contributed by atoms with van der Waals surface area (Å²) in [6.45, 7) is 5.14. The Morgan fingerprint density at radius 3 is 2.88 bits per heavy atom. The Bertz CT molecular complexity index is 778. The number of nitrogens with zero attached hydrogens (tertiary/aromatic N) is 3. The fraction of sp³-hybridized carbons (Fsp3) is 0.450. The number of esters is 1. The Kier molecular flexibility index (Phi) is 5.71. The summed E-state index contributed by atoms with van der Waals surface area (Å²) in [5, 5.41) is 3.26. The Morgan fingerprint density at radius 1 is 1.31 bits per heavy atom. The molecule has 138 valence electrons. The summed E-state index contributed by atoms with van der Waals surface area (Å²) in [6, 6.07) is 9.76. The second-order valence-electron chi connectivity index (χ2n) is 6.57. The topological polar surface area (TPSA) is 67.4 Å². The molecule has 3 rings (SSSR count). The summed E-state index contributed by atoms with van der Waals surface area (Å²) in [4.78, 5) is 23.5. The van der Waals surface area contributed by atoms with Crippen molar-refractivity contribution in [2.45, 2.75) is 45.6 Å². The van der Waals surface area contributed by atoms with E-state index < -0.39 is 0 Å². The van der Waals surface area contributed by atoms with E-state index >= 15 is 0 Å². The third-order valence-electron chi connectivity index (χ3n) is 4.81. The maximum atomic E-state index is 12.0. The van der Waals surface area contributed by atoms with Gasteiger partial charge in [-0.3, -0.25) is 0 Å². The molecule has 6 heteroatoms. The van der Waals surface area contributed by atoms with Crippen molar-refractivity contribution >= 4 is 23.3 Å². The summed E-state index contributed by atoms with van der Waals surface area (Å²) in [5.41, 5.74) is 1.16. The molecule has 1 atom stereocenters. The van der Waals surface area contributed by atoms with Crippen LogP contribution in [0.1, 0.15) is 48.8 Å². The SMILES string of the molecule is CCC1CCCCN1c1cc(Nc2ccccc2C(=O)OC)nc(C)n1. The molecule has 1 aromatic carbocycles. The average molecular weight is 354 g/mol. The molecule has 1 aliphatic heterocycles. The zero-order valence-electron chi connectivity index (χ0n) is 15.7. The number of ether oxygens (including phenoxy) is 1. The standard InChI is InChI=1S/C20H26N4O2/c1-4-15-9-7-8-12-24(15)19-13-18(21-14(2)22-19)23-17-11-6-5-10-16(17)20(25)26-3/h5-6,10-11,13,15H,4,7-9,12H2,1-3H3,(H,21,22,23). The van der Waals surface area contributed by atoms with Crippen LogP contribution in [0.4, 0.5) is 17.3 Å². The van der Waals surface area contributed by atoms with Crippen molar-refractivity contribution in [1.82, 2.24) is 9.97 Å². The van der Waals surface area contributed by atoms with Crippen molar-refractivity contribution in [3.8, 4) is 0 Å². The maximum Gasteiger partial charge on any atom is 0.339 e. The molecule has 1 aromatic heterocycles. The number of carbonyl (C=O) groups is 1. The molecule has 0 aliphatic carbocycles. The van der Waals surface area contributed by atoms with E-state index in [-0.39, 0.29) is 5.97 Å². The Hall–Kier alpha value is -2.63. The van der Waals surface area contributed by atoms with E-state index in [1.54, 1.807) is 6.07 Å². The van der Waals surface area contributed by atoms with Gasteiger partial charge >= 0.3 is 5.97 Å². The molecule has 0 amide bonds. The first kappa shape index (κ1) is 18.2. The number of rotatable bonds is 5. The van der Waals surface area contributed by atoms with E-state index in [0.717, 1.165) is 18.8 Å². The lowest BCUT2D eigenvalue weighted by atomic mass is 10.00. The second kappa shape index (κ2) is 8.17. The first-order valence-electron chi connectivity index (χ1n) is 9.19. The van der Waals surface area contributed by atoms with Crippen LogP contribution in [0, 0.1) is 6.92 Å². The lowest BCUT2D eigenvalue weighted by Gasteiger charge is -2.36. The molecule has 1 saturated heterocycles. The number of methoxy groups -OCH3 is 1. The van der Waals surface area contributed by atoms with Crippen LogP contribution in [0.5, 0.6) is 0 Å². The molecule has 2 heterocycles. The number of benzene rings is 1. The van der Waals surface area contributed by atoms with Gasteiger partial charge in [0.25, 0.3) is 0 Å². The number of carbonyl (C=O) groups excluding carboxylic acids is 1. The molecule has 0 bridgehead atoms. The van der Waals surface area contributed by atoms with Gasteiger partial charge in [0.05, 0.1) is 18.4 Å². The van der Waals surface area contributed by atoms with E-state index in [9.17, 15) is 4.79 Å². The normalized spacial score (nSPS) is 17.0. The molecule has 2 aromatic rings. The van der Waals surface area contributed by atoms with E-state index in [2.05, 4.69) is 27.1 Å². The molecular weight excluding hydrogens is 328 g/mol. The van der Waals surface area contributed by atoms with Crippen molar-refractivity contribution in [1.29, 1.82) is 0 Å². The number of para-hydroxylation sites is 1. The molecule has 1 N–H and O–H groups in total. The van der Waals surface area contributed by atoms with Crippen molar-refractivity contribution in [2.75, 3.05) is 23.9 Å². The number of hydrogen-bond acceptors (Lipinski definition) is 6. The third-order valence-corrected chi connectivity index (χ3v) is 4.81. The van der Waals surface area contributed by atoms with Crippen molar-refractivity contribution in [2.24, 2.45) is 0 Å². The van der Waals surface area contributed by atoms with E-state index in [4.69, 9.17) is 4.74 Å². The molecule has 6 nitrogen and oxygen atoms in total. The molecule has 1 aliphatic rings. The zero-order valence-corrected chi connectivity index (χ0v) is 15.7. The molecule has 0 saturated carbocycles. The highest BCUT2D eigenvalue weighted by molar-refractivity contribution is 5.96. The van der Waals surface area contributed by atoms with Gasteiger partial charge in [-0.1, -0.05) is 19.1 Å². The molecule has 1 unspecified atom stereocenters. The summed E-state index contributed by atoms with van der Waals surface area (Å²) in [6.07, 6.45) is 4.77. The van der Waals surface area contributed by atoms with Gasteiger partial charge in [-0.2, -0.15) is 0 Å². The van der Waals surface area contributed by atoms with Crippen LogP contribution in [-0.2, 0) is 4.74 Å². The number of hydrogen-bond donors (Lipinski definition) is 1. The Balaban J connectivity index is 1.90. The summed E-state index contributed by atoms with van der Waals surface area (Å²) in [7, 11) is 1.38. The lowest BCUT2D eigenvalue weighted by molar-refractivity contribution is 0.0602. The smallest absolute Gasteiger partial charge is 0.339 e. The molecule has 1 fully saturated rings. The molecular formula is C20H26N4O2. The van der Waals surface area contributed by atoms with Crippen LogP contribution in [0.25, 0.3) is 0 Å². The van der Waals surface area contributed by atoms with Crippen molar-refractivity contribution in [3.05, 3.63) is 41.7 Å². The van der Waals surface area contributed by atoms with Crippen LogP contribution < -0.4 is 10.2 Å². The van der Waals surface area contributed by atoms with E-state index in [1.807, 2.05) is 31.2 Å². The van der Waals surface area contributed by atoms with Crippen molar-refractivity contribution < 1.29 is 9.53 Å². The minimum atomic E-state index is -0.374. The number of anilines is 3. The largest absolute Gasteiger partial charge is 0.465 e. The van der Waals surface area contributed by atoms with Crippen LogP contribution >= 0.6 is 0 Å².